The molecule has 5 nitrogen and oxygen atoms in total. The number of fused-ring (bicyclic) bond motifs is 1. The van der Waals surface area contributed by atoms with E-state index in [1.807, 2.05) is 12.1 Å². The summed E-state index contributed by atoms with van der Waals surface area (Å²) in [7, 11) is 0. The van der Waals surface area contributed by atoms with Crippen LogP contribution in [0.4, 0.5) is 4.39 Å². The van der Waals surface area contributed by atoms with Gasteiger partial charge in [0.2, 0.25) is 5.91 Å². The lowest BCUT2D eigenvalue weighted by Crippen LogP contribution is -2.35. The Morgan fingerprint density at radius 3 is 2.86 bits per heavy atom. The molecule has 2 atom stereocenters. The van der Waals surface area contributed by atoms with Gasteiger partial charge in [-0.3, -0.25) is 4.79 Å². The molecule has 28 heavy (non-hydrogen) atoms. The monoisotopic (exact) mass is 397 g/mol. The van der Waals surface area contributed by atoms with Gasteiger partial charge in [-0.15, -0.1) is 10.2 Å². The van der Waals surface area contributed by atoms with E-state index in [4.69, 9.17) is 4.42 Å². The number of nitrogens with one attached hydrogen (secondary N) is 1. The molecule has 1 aromatic heterocycles. The molecule has 0 saturated heterocycles. The maximum atomic E-state index is 13.9. The molecule has 1 amide bonds. The fourth-order valence-corrected chi connectivity index (χ4v) is 4.09. The first-order valence-corrected chi connectivity index (χ1v) is 10.1. The van der Waals surface area contributed by atoms with E-state index in [1.165, 1.54) is 29.0 Å². The van der Waals surface area contributed by atoms with Gasteiger partial charge in [0.05, 0.1) is 16.9 Å². The number of thioether (sulfide) groups is 1. The van der Waals surface area contributed by atoms with Crippen molar-refractivity contribution in [3.8, 4) is 11.5 Å². The lowest BCUT2D eigenvalue weighted by atomic mass is 9.88. The highest BCUT2D eigenvalue weighted by Crippen LogP contribution is 2.31. The van der Waals surface area contributed by atoms with Crippen LogP contribution in [0.5, 0.6) is 0 Å². The molecular formula is C21H20FN3O2S. The zero-order valence-electron chi connectivity index (χ0n) is 15.4. The van der Waals surface area contributed by atoms with Crippen LogP contribution in [0, 0.1) is 5.82 Å². The molecule has 0 unspecified atom stereocenters. The fraction of sp³-hybridized carbons (Fsp3) is 0.286. The Bertz CT molecular complexity index is 991. The molecule has 1 aliphatic rings. The number of nitrogens with zero attached hydrogens (tertiary/aromatic N) is 2. The Kier molecular flexibility index (Phi) is 5.43. The van der Waals surface area contributed by atoms with Crippen LogP contribution in [0.1, 0.15) is 36.9 Å². The first kappa shape index (κ1) is 18.7. The Morgan fingerprint density at radius 2 is 2.00 bits per heavy atom. The van der Waals surface area contributed by atoms with Gasteiger partial charge >= 0.3 is 0 Å². The van der Waals surface area contributed by atoms with Gasteiger partial charge < -0.3 is 9.73 Å². The number of aryl methyl sites for hydroxylation is 1. The molecule has 1 aliphatic carbocycles. The van der Waals surface area contributed by atoms with Crippen LogP contribution in [0.25, 0.3) is 11.5 Å². The van der Waals surface area contributed by atoms with E-state index in [0.29, 0.717) is 0 Å². The third kappa shape index (κ3) is 3.94. The number of benzene rings is 2. The lowest BCUT2D eigenvalue weighted by Gasteiger charge is -2.27. The van der Waals surface area contributed by atoms with Crippen LogP contribution in [0.3, 0.4) is 0 Å². The topological polar surface area (TPSA) is 68.0 Å². The van der Waals surface area contributed by atoms with E-state index in [9.17, 15) is 9.18 Å². The SMILES string of the molecule is C[C@@H](Sc1nnc(-c2ccccc2F)o1)C(=O)N[C@H]1CCCc2ccccc21. The number of aromatic nitrogens is 2. The summed E-state index contributed by atoms with van der Waals surface area (Å²) in [6, 6.07) is 14.5. The summed E-state index contributed by atoms with van der Waals surface area (Å²) in [6.07, 6.45) is 3.03. The minimum absolute atomic E-state index is 0.0251. The van der Waals surface area contributed by atoms with Crippen molar-refractivity contribution in [2.75, 3.05) is 0 Å². The Hall–Kier alpha value is -2.67. The van der Waals surface area contributed by atoms with E-state index in [2.05, 4.69) is 27.6 Å². The van der Waals surface area contributed by atoms with Crippen molar-refractivity contribution < 1.29 is 13.6 Å². The van der Waals surface area contributed by atoms with Gasteiger partial charge in [-0.25, -0.2) is 4.39 Å². The Morgan fingerprint density at radius 1 is 1.21 bits per heavy atom. The molecule has 1 heterocycles. The lowest BCUT2D eigenvalue weighted by molar-refractivity contribution is -0.121. The summed E-state index contributed by atoms with van der Waals surface area (Å²) < 4.78 is 19.4. The van der Waals surface area contributed by atoms with Crippen molar-refractivity contribution in [3.05, 3.63) is 65.5 Å². The minimum Gasteiger partial charge on any atom is -0.411 e. The molecule has 3 aromatic rings. The van der Waals surface area contributed by atoms with Crippen molar-refractivity contribution in [2.45, 2.75) is 42.7 Å². The number of hydrogen-bond donors (Lipinski definition) is 1. The van der Waals surface area contributed by atoms with Crippen molar-refractivity contribution in [3.63, 3.8) is 0 Å². The van der Waals surface area contributed by atoms with Crippen molar-refractivity contribution >= 4 is 17.7 Å². The van der Waals surface area contributed by atoms with Gasteiger partial charge in [0.25, 0.3) is 11.1 Å². The van der Waals surface area contributed by atoms with E-state index in [-0.39, 0.29) is 28.6 Å². The first-order valence-electron chi connectivity index (χ1n) is 9.25. The summed E-state index contributed by atoms with van der Waals surface area (Å²) in [4.78, 5) is 12.7. The van der Waals surface area contributed by atoms with Gasteiger partial charge in [0.1, 0.15) is 5.82 Å². The second-order valence-electron chi connectivity index (χ2n) is 6.77. The van der Waals surface area contributed by atoms with Gasteiger partial charge in [0, 0.05) is 0 Å². The van der Waals surface area contributed by atoms with E-state index in [0.717, 1.165) is 19.3 Å². The molecule has 2 aromatic carbocycles. The normalized spacial score (nSPS) is 17.0. The van der Waals surface area contributed by atoms with Crippen molar-refractivity contribution in [1.29, 1.82) is 0 Å². The highest BCUT2D eigenvalue weighted by molar-refractivity contribution is 8.00. The quantitative estimate of drug-likeness (QED) is 0.640. The molecule has 0 aliphatic heterocycles. The molecule has 7 heteroatoms. The van der Waals surface area contributed by atoms with Gasteiger partial charge in [-0.1, -0.05) is 48.2 Å². The number of carbonyl (C=O) groups excluding carboxylic acids is 1. The third-order valence-corrected chi connectivity index (χ3v) is 5.78. The molecule has 0 bridgehead atoms. The number of halogens is 1. The summed E-state index contributed by atoms with van der Waals surface area (Å²) in [5.74, 6) is -0.406. The first-order chi connectivity index (χ1) is 13.6. The molecule has 0 fully saturated rings. The highest BCUT2D eigenvalue weighted by Gasteiger charge is 2.25. The number of rotatable bonds is 5. The predicted octanol–water partition coefficient (Wildman–Crippen LogP) is 4.55. The molecule has 144 valence electrons. The maximum absolute atomic E-state index is 13.9. The molecule has 1 N–H and O–H groups in total. The second kappa shape index (κ2) is 8.14. The van der Waals surface area contributed by atoms with Gasteiger partial charge in [-0.2, -0.15) is 0 Å². The standard InChI is InChI=1S/C21H20FN3O2S/c1-13(19(26)23-18-12-6-8-14-7-2-3-9-15(14)18)28-21-25-24-20(27-21)16-10-4-5-11-17(16)22/h2-5,7,9-11,13,18H,6,8,12H2,1H3,(H,23,26)/t13-,18+/m1/s1. The van der Waals surface area contributed by atoms with Crippen LogP contribution < -0.4 is 5.32 Å². The third-order valence-electron chi connectivity index (χ3n) is 4.84. The van der Waals surface area contributed by atoms with Gasteiger partial charge in [-0.05, 0) is 49.4 Å². The smallest absolute Gasteiger partial charge is 0.277 e. The van der Waals surface area contributed by atoms with Crippen LogP contribution >= 0.6 is 11.8 Å². The van der Waals surface area contributed by atoms with E-state index in [1.54, 1.807) is 25.1 Å². The van der Waals surface area contributed by atoms with Crippen molar-refractivity contribution in [1.82, 2.24) is 15.5 Å². The largest absolute Gasteiger partial charge is 0.411 e. The summed E-state index contributed by atoms with van der Waals surface area (Å²) in [6.45, 7) is 1.79. The van der Waals surface area contributed by atoms with Crippen LogP contribution in [-0.2, 0) is 11.2 Å². The molecule has 0 spiro atoms. The molecule has 4 rings (SSSR count). The minimum atomic E-state index is -0.426. The number of hydrogen-bond acceptors (Lipinski definition) is 5. The second-order valence-corrected chi connectivity index (χ2v) is 8.06. The zero-order chi connectivity index (χ0) is 19.5. The average Bonchev–Trinajstić information content (AvgIpc) is 3.16. The fourth-order valence-electron chi connectivity index (χ4n) is 3.40. The predicted molar refractivity (Wildman–Crippen MR) is 105 cm³/mol. The zero-order valence-corrected chi connectivity index (χ0v) is 16.2. The maximum Gasteiger partial charge on any atom is 0.277 e. The van der Waals surface area contributed by atoms with Crippen LogP contribution in [0.2, 0.25) is 0 Å². The Balaban J connectivity index is 1.41. The average molecular weight is 397 g/mol. The summed E-state index contributed by atoms with van der Waals surface area (Å²) in [5.41, 5.74) is 2.74. The molecular weight excluding hydrogens is 377 g/mol. The van der Waals surface area contributed by atoms with E-state index >= 15 is 0 Å². The Labute approximate surface area is 166 Å². The number of carbonyl (C=O) groups is 1. The van der Waals surface area contributed by atoms with Crippen molar-refractivity contribution in [2.24, 2.45) is 0 Å². The van der Waals surface area contributed by atoms with Gasteiger partial charge in [0.15, 0.2) is 0 Å². The summed E-state index contributed by atoms with van der Waals surface area (Å²) >= 11 is 1.17. The molecule has 0 saturated carbocycles. The van der Waals surface area contributed by atoms with Crippen LogP contribution in [-0.4, -0.2) is 21.4 Å². The van der Waals surface area contributed by atoms with E-state index < -0.39 is 11.1 Å². The number of amides is 1. The molecule has 0 radical (unpaired) electrons. The highest BCUT2D eigenvalue weighted by atomic mass is 32.2. The van der Waals surface area contributed by atoms with Crippen LogP contribution in [0.15, 0.2) is 58.2 Å². The summed E-state index contributed by atoms with van der Waals surface area (Å²) in [5, 5.41) is 10.8.